The number of benzene rings is 1. The molecule has 4 nitrogen and oxygen atoms in total. The van der Waals surface area contributed by atoms with Crippen molar-refractivity contribution in [2.75, 3.05) is 25.0 Å². The molecular formula is C15H21ClN4. The molecule has 2 rings (SSSR count). The van der Waals surface area contributed by atoms with Gasteiger partial charge in [-0.05, 0) is 38.2 Å². The van der Waals surface area contributed by atoms with Gasteiger partial charge in [0, 0.05) is 23.0 Å². The van der Waals surface area contributed by atoms with Crippen molar-refractivity contribution in [1.82, 2.24) is 14.9 Å². The van der Waals surface area contributed by atoms with Gasteiger partial charge >= 0.3 is 0 Å². The Morgan fingerprint density at radius 3 is 2.70 bits per heavy atom. The molecule has 1 N–H and O–H groups in total. The van der Waals surface area contributed by atoms with Crippen LogP contribution in [0.3, 0.4) is 0 Å². The van der Waals surface area contributed by atoms with E-state index in [1.807, 2.05) is 18.2 Å². The van der Waals surface area contributed by atoms with E-state index < -0.39 is 0 Å². The summed E-state index contributed by atoms with van der Waals surface area (Å²) in [6, 6.07) is 6.15. The summed E-state index contributed by atoms with van der Waals surface area (Å²) in [5.74, 6) is 0.866. The molecule has 1 aromatic heterocycles. The summed E-state index contributed by atoms with van der Waals surface area (Å²) in [6.45, 7) is 9.56. The van der Waals surface area contributed by atoms with Crippen LogP contribution in [-0.4, -0.2) is 40.5 Å². The van der Waals surface area contributed by atoms with Crippen LogP contribution in [-0.2, 0) is 0 Å². The van der Waals surface area contributed by atoms with E-state index in [4.69, 9.17) is 11.6 Å². The predicted molar refractivity (Wildman–Crippen MR) is 85.4 cm³/mol. The molecule has 0 spiro atoms. The Balaban J connectivity index is 2.14. The van der Waals surface area contributed by atoms with Gasteiger partial charge in [-0.25, -0.2) is 9.97 Å². The van der Waals surface area contributed by atoms with Gasteiger partial charge in [-0.3, -0.25) is 4.90 Å². The molecule has 1 unspecified atom stereocenters. The molecule has 0 saturated heterocycles. The van der Waals surface area contributed by atoms with Crippen LogP contribution < -0.4 is 5.32 Å². The third kappa shape index (κ3) is 3.38. The van der Waals surface area contributed by atoms with Crippen molar-refractivity contribution in [2.45, 2.75) is 26.8 Å². The van der Waals surface area contributed by atoms with Gasteiger partial charge in [0.25, 0.3) is 0 Å². The van der Waals surface area contributed by atoms with Crippen LogP contribution in [0.5, 0.6) is 0 Å². The molecule has 0 saturated carbocycles. The van der Waals surface area contributed by atoms with Gasteiger partial charge in [0.15, 0.2) is 0 Å². The minimum absolute atomic E-state index is 0.460. The molecule has 108 valence electrons. The van der Waals surface area contributed by atoms with Crippen LogP contribution in [0.25, 0.3) is 10.9 Å². The van der Waals surface area contributed by atoms with E-state index in [1.54, 1.807) is 6.33 Å². The zero-order valence-electron chi connectivity index (χ0n) is 12.2. The zero-order valence-corrected chi connectivity index (χ0v) is 13.0. The summed E-state index contributed by atoms with van der Waals surface area (Å²) >= 11 is 5.99. The van der Waals surface area contributed by atoms with E-state index in [0.717, 1.165) is 36.4 Å². The van der Waals surface area contributed by atoms with Crippen molar-refractivity contribution in [1.29, 1.82) is 0 Å². The SMILES string of the molecule is CCN(CC)C(C)CNc1ncnc2cc(Cl)ccc12. The van der Waals surface area contributed by atoms with Crippen molar-refractivity contribution in [3.05, 3.63) is 29.5 Å². The first kappa shape index (κ1) is 15.0. The van der Waals surface area contributed by atoms with Crippen LogP contribution in [0.4, 0.5) is 5.82 Å². The van der Waals surface area contributed by atoms with E-state index in [2.05, 4.69) is 41.0 Å². The second-order valence-corrected chi connectivity index (χ2v) is 5.27. The van der Waals surface area contributed by atoms with Crippen LogP contribution >= 0.6 is 11.6 Å². The van der Waals surface area contributed by atoms with E-state index in [1.165, 1.54) is 0 Å². The second-order valence-electron chi connectivity index (χ2n) is 4.83. The molecule has 1 aromatic carbocycles. The van der Waals surface area contributed by atoms with Gasteiger partial charge in [0.2, 0.25) is 0 Å². The quantitative estimate of drug-likeness (QED) is 0.886. The van der Waals surface area contributed by atoms with E-state index in [9.17, 15) is 0 Å². The first-order valence-electron chi connectivity index (χ1n) is 7.03. The maximum atomic E-state index is 5.99. The fourth-order valence-electron chi connectivity index (χ4n) is 2.39. The summed E-state index contributed by atoms with van der Waals surface area (Å²) in [5, 5.41) is 5.12. The molecule has 0 amide bonds. The minimum Gasteiger partial charge on any atom is -0.368 e. The topological polar surface area (TPSA) is 41.0 Å². The lowest BCUT2D eigenvalue weighted by Gasteiger charge is -2.26. The lowest BCUT2D eigenvalue weighted by atomic mass is 10.2. The lowest BCUT2D eigenvalue weighted by molar-refractivity contribution is 0.240. The number of anilines is 1. The lowest BCUT2D eigenvalue weighted by Crippen LogP contribution is -2.37. The molecule has 20 heavy (non-hydrogen) atoms. The number of rotatable bonds is 6. The molecular weight excluding hydrogens is 272 g/mol. The maximum absolute atomic E-state index is 5.99. The van der Waals surface area contributed by atoms with Gasteiger partial charge in [-0.1, -0.05) is 25.4 Å². The van der Waals surface area contributed by atoms with Crippen molar-refractivity contribution < 1.29 is 0 Å². The molecule has 1 heterocycles. The molecule has 0 aliphatic heterocycles. The smallest absolute Gasteiger partial charge is 0.137 e. The number of likely N-dealkylation sites (N-methyl/N-ethyl adjacent to an activating group) is 1. The van der Waals surface area contributed by atoms with E-state index in [-0.39, 0.29) is 0 Å². The Bertz CT molecular complexity index is 569. The second kappa shape index (κ2) is 6.86. The number of nitrogens with one attached hydrogen (secondary N) is 1. The first-order chi connectivity index (χ1) is 9.65. The molecule has 2 aromatic rings. The molecule has 0 aliphatic carbocycles. The molecule has 0 bridgehead atoms. The summed E-state index contributed by atoms with van der Waals surface area (Å²) in [5.41, 5.74) is 0.866. The van der Waals surface area contributed by atoms with Crippen LogP contribution in [0.1, 0.15) is 20.8 Å². The van der Waals surface area contributed by atoms with Crippen molar-refractivity contribution >= 4 is 28.3 Å². The predicted octanol–water partition coefficient (Wildman–Crippen LogP) is 3.43. The Labute approximate surface area is 125 Å². The number of halogens is 1. The van der Waals surface area contributed by atoms with Crippen LogP contribution in [0.15, 0.2) is 24.5 Å². The summed E-state index contributed by atoms with van der Waals surface area (Å²) in [4.78, 5) is 11.0. The van der Waals surface area contributed by atoms with Crippen LogP contribution in [0.2, 0.25) is 5.02 Å². The van der Waals surface area contributed by atoms with Crippen molar-refractivity contribution in [3.63, 3.8) is 0 Å². The largest absolute Gasteiger partial charge is 0.368 e. The summed E-state index contributed by atoms with van der Waals surface area (Å²) < 4.78 is 0. The van der Waals surface area contributed by atoms with E-state index >= 15 is 0 Å². The summed E-state index contributed by atoms with van der Waals surface area (Å²) in [7, 11) is 0. The number of nitrogens with zero attached hydrogens (tertiary/aromatic N) is 3. The number of hydrogen-bond acceptors (Lipinski definition) is 4. The molecule has 0 radical (unpaired) electrons. The number of fused-ring (bicyclic) bond motifs is 1. The summed E-state index contributed by atoms with van der Waals surface area (Å²) in [6.07, 6.45) is 1.57. The van der Waals surface area contributed by atoms with Gasteiger partial charge in [0.05, 0.1) is 5.52 Å². The highest BCUT2D eigenvalue weighted by Crippen LogP contribution is 2.22. The van der Waals surface area contributed by atoms with Gasteiger partial charge in [-0.2, -0.15) is 0 Å². The number of hydrogen-bond donors (Lipinski definition) is 1. The Kier molecular flexibility index (Phi) is 5.15. The highest BCUT2D eigenvalue weighted by molar-refractivity contribution is 6.31. The molecule has 0 fully saturated rings. The van der Waals surface area contributed by atoms with Gasteiger partial charge < -0.3 is 5.32 Å². The van der Waals surface area contributed by atoms with Gasteiger partial charge in [0.1, 0.15) is 12.1 Å². The first-order valence-corrected chi connectivity index (χ1v) is 7.41. The Hall–Kier alpha value is -1.39. The fourth-order valence-corrected chi connectivity index (χ4v) is 2.56. The number of aromatic nitrogens is 2. The van der Waals surface area contributed by atoms with Gasteiger partial charge in [-0.15, -0.1) is 0 Å². The standard InChI is InChI=1S/C15H21ClN4/c1-4-20(5-2)11(3)9-17-15-13-7-6-12(16)8-14(13)18-10-19-15/h6-8,10-11H,4-5,9H2,1-3H3,(H,17,18,19). The maximum Gasteiger partial charge on any atom is 0.137 e. The molecule has 1 atom stereocenters. The molecule has 5 heteroatoms. The Morgan fingerprint density at radius 1 is 1.25 bits per heavy atom. The third-order valence-corrected chi connectivity index (χ3v) is 3.83. The highest BCUT2D eigenvalue weighted by Gasteiger charge is 2.11. The fraction of sp³-hybridized carbons (Fsp3) is 0.467. The monoisotopic (exact) mass is 292 g/mol. The molecule has 0 aliphatic rings. The zero-order chi connectivity index (χ0) is 14.5. The minimum atomic E-state index is 0.460. The Morgan fingerprint density at radius 2 is 2.00 bits per heavy atom. The van der Waals surface area contributed by atoms with Crippen molar-refractivity contribution in [2.24, 2.45) is 0 Å². The third-order valence-electron chi connectivity index (χ3n) is 3.60. The average Bonchev–Trinajstić information content (AvgIpc) is 2.45. The average molecular weight is 293 g/mol. The van der Waals surface area contributed by atoms with Crippen LogP contribution in [0, 0.1) is 0 Å². The highest BCUT2D eigenvalue weighted by atomic mass is 35.5. The van der Waals surface area contributed by atoms with Crippen molar-refractivity contribution in [3.8, 4) is 0 Å². The normalized spacial score (nSPS) is 12.8. The van der Waals surface area contributed by atoms with E-state index in [0.29, 0.717) is 11.1 Å².